The van der Waals surface area contributed by atoms with Crippen molar-refractivity contribution in [2.45, 2.75) is 32.6 Å². The van der Waals surface area contributed by atoms with E-state index in [2.05, 4.69) is 40.4 Å². The maximum atomic E-state index is 12.9. The molecule has 0 unspecified atom stereocenters. The normalized spacial score (nSPS) is 14.5. The number of likely N-dealkylation sites (tertiary alicyclic amines) is 1. The molecule has 0 atom stereocenters. The largest absolute Gasteiger partial charge is 0.457 e. The molecule has 1 aliphatic heterocycles. The number of imidazole rings is 1. The zero-order valence-corrected chi connectivity index (χ0v) is 24.7. The Morgan fingerprint density at radius 3 is 2.63 bits per heavy atom. The van der Waals surface area contributed by atoms with Gasteiger partial charge in [-0.15, -0.1) is 0 Å². The standard InChI is InChI=1S/C31H37ClN6O3/c1-20(2)25-17-22(5-7-26(25)32)34-31-35-27-18-23(6-8-28(27)37(31)3)41-24-9-12-33-29(19-24)36-30(39)21-10-13-38(14-11-21)15-16-40-4/h5-9,12,17-21H,10-11,13-16H2,1-4H3,(H,34,35)(H,33,36,39). The van der Waals surface area contributed by atoms with E-state index in [0.717, 1.165) is 59.8 Å². The van der Waals surface area contributed by atoms with Gasteiger partial charge in [0.2, 0.25) is 11.9 Å². The number of piperidine rings is 1. The van der Waals surface area contributed by atoms with E-state index >= 15 is 0 Å². The van der Waals surface area contributed by atoms with Gasteiger partial charge in [0.15, 0.2) is 0 Å². The maximum Gasteiger partial charge on any atom is 0.228 e. The molecule has 2 aromatic heterocycles. The van der Waals surface area contributed by atoms with E-state index < -0.39 is 0 Å². The Morgan fingerprint density at radius 1 is 1.10 bits per heavy atom. The fourth-order valence-electron chi connectivity index (χ4n) is 5.09. The highest BCUT2D eigenvalue weighted by molar-refractivity contribution is 6.31. The lowest BCUT2D eigenvalue weighted by Gasteiger charge is -2.30. The lowest BCUT2D eigenvalue weighted by Crippen LogP contribution is -2.39. The Kier molecular flexibility index (Phi) is 9.07. The van der Waals surface area contributed by atoms with Crippen molar-refractivity contribution in [2.75, 3.05) is 44.0 Å². The Balaban J connectivity index is 1.24. The fraction of sp³-hybridized carbons (Fsp3) is 0.387. The van der Waals surface area contributed by atoms with Gasteiger partial charge in [-0.2, -0.15) is 0 Å². The number of nitrogens with one attached hydrogen (secondary N) is 2. The number of fused-ring (bicyclic) bond motifs is 1. The van der Waals surface area contributed by atoms with Crippen molar-refractivity contribution >= 4 is 46.0 Å². The van der Waals surface area contributed by atoms with Crippen molar-refractivity contribution in [3.8, 4) is 11.5 Å². The fourth-order valence-corrected chi connectivity index (χ4v) is 5.43. The quantitative estimate of drug-likeness (QED) is 0.220. The lowest BCUT2D eigenvalue weighted by atomic mass is 9.96. The number of nitrogens with zero attached hydrogens (tertiary/aromatic N) is 4. The number of rotatable bonds is 10. The van der Waals surface area contributed by atoms with Crippen LogP contribution in [0.1, 0.15) is 38.2 Å². The van der Waals surface area contributed by atoms with Crippen LogP contribution in [0.15, 0.2) is 54.7 Å². The van der Waals surface area contributed by atoms with E-state index in [4.69, 9.17) is 26.1 Å². The van der Waals surface area contributed by atoms with Crippen LogP contribution in [-0.4, -0.2) is 58.7 Å². The van der Waals surface area contributed by atoms with Gasteiger partial charge in [-0.25, -0.2) is 9.97 Å². The van der Waals surface area contributed by atoms with Gasteiger partial charge < -0.3 is 29.6 Å². The van der Waals surface area contributed by atoms with Gasteiger partial charge in [-0.1, -0.05) is 25.4 Å². The van der Waals surface area contributed by atoms with Gasteiger partial charge in [0.25, 0.3) is 0 Å². The summed E-state index contributed by atoms with van der Waals surface area (Å²) in [4.78, 5) is 24.3. The summed E-state index contributed by atoms with van der Waals surface area (Å²) in [5, 5.41) is 7.14. The van der Waals surface area contributed by atoms with Crippen LogP contribution in [0.2, 0.25) is 5.02 Å². The van der Waals surface area contributed by atoms with E-state index in [1.807, 2.05) is 41.9 Å². The van der Waals surface area contributed by atoms with Crippen molar-refractivity contribution in [3.63, 3.8) is 0 Å². The zero-order valence-electron chi connectivity index (χ0n) is 24.0. The summed E-state index contributed by atoms with van der Waals surface area (Å²) in [5.74, 6) is 2.70. The number of anilines is 3. The van der Waals surface area contributed by atoms with Crippen molar-refractivity contribution in [2.24, 2.45) is 13.0 Å². The minimum atomic E-state index is -0.0284. The van der Waals surface area contributed by atoms with Gasteiger partial charge >= 0.3 is 0 Å². The zero-order chi connectivity index (χ0) is 28.9. The molecule has 1 saturated heterocycles. The third-order valence-electron chi connectivity index (χ3n) is 7.51. The number of carbonyl (C=O) groups excluding carboxylic acids is 1. The molecule has 10 heteroatoms. The van der Waals surface area contributed by atoms with Gasteiger partial charge in [-0.05, 0) is 73.8 Å². The minimum Gasteiger partial charge on any atom is -0.457 e. The van der Waals surface area contributed by atoms with Crippen molar-refractivity contribution in [3.05, 3.63) is 65.3 Å². The molecule has 0 saturated carbocycles. The number of amides is 1. The predicted octanol–water partition coefficient (Wildman–Crippen LogP) is 6.58. The molecule has 0 aliphatic carbocycles. The average molecular weight is 577 g/mol. The monoisotopic (exact) mass is 576 g/mol. The van der Waals surface area contributed by atoms with Crippen LogP contribution >= 0.6 is 11.6 Å². The van der Waals surface area contributed by atoms with E-state index in [-0.39, 0.29) is 11.8 Å². The van der Waals surface area contributed by atoms with Gasteiger partial charge in [0.05, 0.1) is 17.6 Å². The Labute approximate surface area is 245 Å². The first kappa shape index (κ1) is 28.9. The van der Waals surface area contributed by atoms with Crippen LogP contribution in [0.5, 0.6) is 11.5 Å². The van der Waals surface area contributed by atoms with Gasteiger partial charge in [-0.3, -0.25) is 4.79 Å². The van der Waals surface area contributed by atoms with E-state index in [9.17, 15) is 4.79 Å². The second-order valence-electron chi connectivity index (χ2n) is 10.7. The lowest BCUT2D eigenvalue weighted by molar-refractivity contribution is -0.121. The van der Waals surface area contributed by atoms with E-state index in [1.165, 1.54) is 0 Å². The number of carbonyl (C=O) groups is 1. The first-order chi connectivity index (χ1) is 19.8. The molecule has 1 fully saturated rings. The molecular formula is C31H37ClN6O3. The summed E-state index contributed by atoms with van der Waals surface area (Å²) in [6.45, 7) is 7.64. The van der Waals surface area contributed by atoms with Crippen molar-refractivity contribution in [1.82, 2.24) is 19.4 Å². The summed E-state index contributed by atoms with van der Waals surface area (Å²) in [5.41, 5.74) is 3.78. The van der Waals surface area contributed by atoms with Crippen LogP contribution in [-0.2, 0) is 16.6 Å². The molecule has 5 rings (SSSR count). The smallest absolute Gasteiger partial charge is 0.228 e. The second kappa shape index (κ2) is 12.9. The average Bonchev–Trinajstić information content (AvgIpc) is 3.27. The number of hydrogen-bond donors (Lipinski definition) is 2. The molecule has 1 aliphatic rings. The summed E-state index contributed by atoms with van der Waals surface area (Å²) in [7, 11) is 3.68. The molecule has 41 heavy (non-hydrogen) atoms. The molecule has 2 aromatic carbocycles. The van der Waals surface area contributed by atoms with Gasteiger partial charge in [0, 0.05) is 55.7 Å². The molecular weight excluding hydrogens is 540 g/mol. The summed E-state index contributed by atoms with van der Waals surface area (Å²) < 4.78 is 13.3. The Bertz CT molecular complexity index is 1510. The highest BCUT2D eigenvalue weighted by atomic mass is 35.5. The molecule has 3 heterocycles. The number of methoxy groups -OCH3 is 1. The molecule has 216 valence electrons. The highest BCUT2D eigenvalue weighted by Crippen LogP contribution is 2.31. The van der Waals surface area contributed by atoms with Crippen molar-refractivity contribution < 1.29 is 14.3 Å². The summed E-state index contributed by atoms with van der Waals surface area (Å²) >= 11 is 6.37. The van der Waals surface area contributed by atoms with E-state index in [0.29, 0.717) is 35.8 Å². The summed E-state index contributed by atoms with van der Waals surface area (Å²) in [6.07, 6.45) is 3.28. The molecule has 2 N–H and O–H groups in total. The maximum absolute atomic E-state index is 12.9. The molecule has 4 aromatic rings. The number of benzene rings is 2. The predicted molar refractivity (Wildman–Crippen MR) is 164 cm³/mol. The summed E-state index contributed by atoms with van der Waals surface area (Å²) in [6, 6.07) is 15.2. The van der Waals surface area contributed by atoms with Crippen LogP contribution in [0.25, 0.3) is 11.0 Å². The van der Waals surface area contributed by atoms with Gasteiger partial charge in [0.1, 0.15) is 17.3 Å². The Morgan fingerprint density at radius 2 is 1.88 bits per heavy atom. The van der Waals surface area contributed by atoms with Crippen LogP contribution < -0.4 is 15.4 Å². The number of ether oxygens (including phenoxy) is 2. The number of aromatic nitrogens is 3. The highest BCUT2D eigenvalue weighted by Gasteiger charge is 2.25. The van der Waals surface area contributed by atoms with Crippen molar-refractivity contribution in [1.29, 1.82) is 0 Å². The molecule has 0 spiro atoms. The van der Waals surface area contributed by atoms with Crippen LogP contribution in [0, 0.1) is 5.92 Å². The topological polar surface area (TPSA) is 93.5 Å². The third kappa shape index (κ3) is 6.98. The molecule has 0 radical (unpaired) electrons. The first-order valence-corrected chi connectivity index (χ1v) is 14.4. The Hall–Kier alpha value is -3.66. The SMILES string of the molecule is COCCN1CCC(C(=O)Nc2cc(Oc3ccc4c(c3)nc(Nc3ccc(Cl)c(C(C)C)c3)n4C)ccn2)CC1. The number of hydrogen-bond acceptors (Lipinski definition) is 7. The third-order valence-corrected chi connectivity index (χ3v) is 7.86. The number of pyridine rings is 1. The minimum absolute atomic E-state index is 0.00261. The van der Waals surface area contributed by atoms with Crippen LogP contribution in [0.4, 0.5) is 17.5 Å². The number of halogens is 1. The van der Waals surface area contributed by atoms with Crippen LogP contribution in [0.3, 0.4) is 0 Å². The first-order valence-electron chi connectivity index (χ1n) is 14.0. The second-order valence-corrected chi connectivity index (χ2v) is 11.1. The molecule has 1 amide bonds. The molecule has 0 bridgehead atoms. The number of aryl methyl sites for hydroxylation is 1. The van der Waals surface area contributed by atoms with E-state index in [1.54, 1.807) is 25.4 Å². The molecule has 9 nitrogen and oxygen atoms in total.